The zero-order chi connectivity index (χ0) is 18.8. The van der Waals surface area contributed by atoms with Crippen LogP contribution >= 0.6 is 23.2 Å². The summed E-state index contributed by atoms with van der Waals surface area (Å²) in [6, 6.07) is 14.6. The van der Waals surface area contributed by atoms with E-state index in [1.807, 2.05) is 30.5 Å². The largest absolute Gasteiger partial charge is 0.360 e. The van der Waals surface area contributed by atoms with Crippen LogP contribution in [0.5, 0.6) is 0 Å². The molecule has 0 spiro atoms. The number of hydrazone groups is 1. The molecule has 2 aromatic heterocycles. The number of amides is 1. The van der Waals surface area contributed by atoms with Crippen molar-refractivity contribution in [3.8, 4) is 11.3 Å². The van der Waals surface area contributed by atoms with Crippen molar-refractivity contribution in [2.45, 2.75) is 0 Å². The van der Waals surface area contributed by atoms with Gasteiger partial charge in [0.2, 0.25) is 0 Å². The van der Waals surface area contributed by atoms with Gasteiger partial charge in [-0.25, -0.2) is 5.43 Å². The number of rotatable bonds is 4. The second-order valence-corrected chi connectivity index (χ2v) is 6.62. The Bertz CT molecular complexity index is 1160. The molecule has 134 valence electrons. The minimum Gasteiger partial charge on any atom is -0.360 e. The third kappa shape index (κ3) is 3.58. The molecular weight excluding hydrogens is 385 g/mol. The van der Waals surface area contributed by atoms with E-state index in [-0.39, 0.29) is 0 Å². The molecule has 0 aliphatic carbocycles. The molecule has 0 aliphatic rings. The molecule has 2 aromatic carbocycles. The summed E-state index contributed by atoms with van der Waals surface area (Å²) in [4.78, 5) is 15.4. The van der Waals surface area contributed by atoms with Gasteiger partial charge in [-0.15, -0.1) is 0 Å². The third-order valence-corrected chi connectivity index (χ3v) is 4.58. The second-order valence-electron chi connectivity index (χ2n) is 5.78. The van der Waals surface area contributed by atoms with Crippen molar-refractivity contribution < 1.29 is 4.79 Å². The van der Waals surface area contributed by atoms with Gasteiger partial charge in [-0.1, -0.05) is 47.5 Å². The standard InChI is InChI=1S/C19H13Cl2N5O/c20-12-6-5-11(15(21)7-12)9-23-26-19(27)18-8-17(24-25-18)14-10-22-16-4-2-1-3-13(14)16/h1-10,22H,(H,24,25)(H,26,27)/b23-9+. The first kappa shape index (κ1) is 17.3. The number of carbonyl (C=O) groups is 1. The van der Waals surface area contributed by atoms with Crippen molar-refractivity contribution in [2.24, 2.45) is 5.10 Å². The van der Waals surface area contributed by atoms with Crippen molar-refractivity contribution in [3.05, 3.63) is 76.0 Å². The van der Waals surface area contributed by atoms with Crippen LogP contribution in [0.2, 0.25) is 10.0 Å². The molecule has 0 unspecified atom stereocenters. The Hall–Kier alpha value is -3.09. The Morgan fingerprint density at radius 3 is 2.85 bits per heavy atom. The summed E-state index contributed by atoms with van der Waals surface area (Å²) in [5, 5.41) is 12.9. The second kappa shape index (κ2) is 7.26. The highest BCUT2D eigenvalue weighted by Crippen LogP contribution is 2.27. The number of hydrogen-bond acceptors (Lipinski definition) is 3. The lowest BCUT2D eigenvalue weighted by atomic mass is 10.1. The number of halogens is 2. The number of carbonyl (C=O) groups excluding carboxylic acids is 1. The molecule has 0 saturated carbocycles. The maximum atomic E-state index is 12.3. The van der Waals surface area contributed by atoms with Crippen LogP contribution in [0.3, 0.4) is 0 Å². The minimum absolute atomic E-state index is 0.301. The van der Waals surface area contributed by atoms with E-state index in [4.69, 9.17) is 23.2 Å². The molecule has 3 N–H and O–H groups in total. The molecule has 4 rings (SSSR count). The zero-order valence-corrected chi connectivity index (χ0v) is 15.3. The lowest BCUT2D eigenvalue weighted by Gasteiger charge is -1.99. The van der Waals surface area contributed by atoms with E-state index in [0.717, 1.165) is 16.5 Å². The maximum absolute atomic E-state index is 12.3. The molecule has 0 radical (unpaired) electrons. The van der Waals surface area contributed by atoms with E-state index in [2.05, 4.69) is 25.7 Å². The number of aromatic amines is 2. The van der Waals surface area contributed by atoms with Crippen LogP contribution in [0.25, 0.3) is 22.2 Å². The first-order chi connectivity index (χ1) is 13.1. The van der Waals surface area contributed by atoms with Gasteiger partial charge < -0.3 is 4.98 Å². The number of H-pyrrole nitrogens is 2. The van der Waals surface area contributed by atoms with Gasteiger partial charge in [-0.2, -0.15) is 10.2 Å². The highest BCUT2D eigenvalue weighted by Gasteiger charge is 2.13. The summed E-state index contributed by atoms with van der Waals surface area (Å²) in [5.41, 5.74) is 5.98. The smallest absolute Gasteiger partial charge is 0.289 e. The van der Waals surface area contributed by atoms with Crippen molar-refractivity contribution in [3.63, 3.8) is 0 Å². The van der Waals surface area contributed by atoms with Crippen LogP contribution in [0.1, 0.15) is 16.1 Å². The fourth-order valence-corrected chi connectivity index (χ4v) is 3.14. The van der Waals surface area contributed by atoms with Gasteiger partial charge in [-0.3, -0.25) is 9.89 Å². The molecule has 1 amide bonds. The average Bonchev–Trinajstić information content (AvgIpc) is 3.30. The van der Waals surface area contributed by atoms with Crippen molar-refractivity contribution in [2.75, 3.05) is 0 Å². The molecule has 8 heteroatoms. The number of fused-ring (bicyclic) bond motifs is 1. The van der Waals surface area contributed by atoms with E-state index in [1.165, 1.54) is 6.21 Å². The van der Waals surface area contributed by atoms with Gasteiger partial charge in [0.15, 0.2) is 0 Å². The molecule has 0 aliphatic heterocycles. The minimum atomic E-state index is -0.407. The fourth-order valence-electron chi connectivity index (χ4n) is 2.69. The van der Waals surface area contributed by atoms with Gasteiger partial charge in [-0.05, 0) is 24.3 Å². The van der Waals surface area contributed by atoms with Crippen molar-refractivity contribution in [1.82, 2.24) is 20.6 Å². The lowest BCUT2D eigenvalue weighted by molar-refractivity contribution is 0.0950. The Balaban J connectivity index is 1.49. The highest BCUT2D eigenvalue weighted by molar-refractivity contribution is 6.36. The van der Waals surface area contributed by atoms with Gasteiger partial charge in [0, 0.05) is 33.2 Å². The predicted molar refractivity (Wildman–Crippen MR) is 107 cm³/mol. The Labute approximate surface area is 164 Å². The molecule has 0 fully saturated rings. The summed E-state index contributed by atoms with van der Waals surface area (Å²) < 4.78 is 0. The number of nitrogens with one attached hydrogen (secondary N) is 3. The molecule has 0 atom stereocenters. The highest BCUT2D eigenvalue weighted by atomic mass is 35.5. The summed E-state index contributed by atoms with van der Waals surface area (Å²) in [6.45, 7) is 0. The quantitative estimate of drug-likeness (QED) is 0.346. The van der Waals surface area contributed by atoms with Crippen LogP contribution in [0.4, 0.5) is 0 Å². The third-order valence-electron chi connectivity index (χ3n) is 4.02. The zero-order valence-electron chi connectivity index (χ0n) is 13.8. The lowest BCUT2D eigenvalue weighted by Crippen LogP contribution is -2.18. The summed E-state index contributed by atoms with van der Waals surface area (Å²) >= 11 is 11.9. The monoisotopic (exact) mass is 397 g/mol. The molecule has 0 saturated heterocycles. The van der Waals surface area contributed by atoms with Crippen molar-refractivity contribution >= 4 is 46.2 Å². The van der Waals surface area contributed by atoms with Gasteiger partial charge in [0.1, 0.15) is 5.69 Å². The van der Waals surface area contributed by atoms with Gasteiger partial charge in [0.25, 0.3) is 5.91 Å². The Morgan fingerprint density at radius 2 is 2.00 bits per heavy atom. The van der Waals surface area contributed by atoms with Crippen LogP contribution in [0, 0.1) is 0 Å². The Kier molecular flexibility index (Phi) is 4.66. The molecule has 2 heterocycles. The van der Waals surface area contributed by atoms with Gasteiger partial charge >= 0.3 is 0 Å². The predicted octanol–water partition coefficient (Wildman–Crippen LogP) is 4.63. The van der Waals surface area contributed by atoms with Crippen molar-refractivity contribution in [1.29, 1.82) is 0 Å². The van der Waals surface area contributed by atoms with Crippen LogP contribution in [0.15, 0.2) is 59.8 Å². The van der Waals surface area contributed by atoms with E-state index >= 15 is 0 Å². The van der Waals surface area contributed by atoms with Crippen LogP contribution in [-0.4, -0.2) is 27.3 Å². The maximum Gasteiger partial charge on any atom is 0.289 e. The molecular formula is C19H13Cl2N5O. The molecule has 6 nitrogen and oxygen atoms in total. The number of nitrogens with zero attached hydrogens (tertiary/aromatic N) is 2. The fraction of sp³-hybridized carbons (Fsp3) is 0. The number of benzene rings is 2. The summed E-state index contributed by atoms with van der Waals surface area (Å²) in [7, 11) is 0. The number of aromatic nitrogens is 3. The number of hydrogen-bond donors (Lipinski definition) is 3. The average molecular weight is 398 g/mol. The summed E-state index contributed by atoms with van der Waals surface area (Å²) in [6.07, 6.45) is 3.32. The van der Waals surface area contributed by atoms with E-state index in [1.54, 1.807) is 24.3 Å². The molecule has 4 aromatic rings. The SMILES string of the molecule is O=C(N/N=C/c1ccc(Cl)cc1Cl)c1cc(-c2c[nH]c3ccccc23)n[nH]1. The Morgan fingerprint density at radius 1 is 1.15 bits per heavy atom. The van der Waals surface area contributed by atoms with Crippen LogP contribution in [-0.2, 0) is 0 Å². The number of para-hydroxylation sites is 1. The molecule has 0 bridgehead atoms. The topological polar surface area (TPSA) is 85.9 Å². The van der Waals surface area contributed by atoms with Gasteiger partial charge in [0.05, 0.1) is 16.9 Å². The first-order valence-electron chi connectivity index (χ1n) is 8.02. The molecule has 27 heavy (non-hydrogen) atoms. The summed E-state index contributed by atoms with van der Waals surface area (Å²) in [5.74, 6) is -0.407. The van der Waals surface area contributed by atoms with E-state index in [9.17, 15) is 4.79 Å². The van der Waals surface area contributed by atoms with E-state index in [0.29, 0.717) is 27.0 Å². The van der Waals surface area contributed by atoms with E-state index < -0.39 is 5.91 Å². The first-order valence-corrected chi connectivity index (χ1v) is 8.78. The van der Waals surface area contributed by atoms with Crippen LogP contribution < -0.4 is 5.43 Å². The normalized spacial score (nSPS) is 11.3.